The number of hydrogen-bond donors (Lipinski definition) is 2. The fourth-order valence-corrected chi connectivity index (χ4v) is 2.61. The number of rotatable bonds is 8. The lowest BCUT2D eigenvalue weighted by molar-refractivity contribution is -0.385. The van der Waals surface area contributed by atoms with Gasteiger partial charge in [-0.2, -0.15) is 15.0 Å². The maximum atomic E-state index is 13.0. The van der Waals surface area contributed by atoms with Crippen LogP contribution in [0.4, 0.5) is 27.7 Å². The number of nitrogen functional groups attached to an aromatic ring is 1. The van der Waals surface area contributed by atoms with Crippen molar-refractivity contribution in [2.45, 2.75) is 6.61 Å². The zero-order chi connectivity index (χ0) is 23.3. The molecule has 13 heteroatoms. The van der Waals surface area contributed by atoms with Crippen molar-refractivity contribution in [3.05, 3.63) is 63.7 Å². The number of carbonyl (C=O) groups excluding carboxylic acids is 1. The number of carbonyl (C=O) groups is 1. The Morgan fingerprint density at radius 1 is 1.12 bits per heavy atom. The second-order valence-corrected chi connectivity index (χ2v) is 6.12. The summed E-state index contributed by atoms with van der Waals surface area (Å²) in [4.78, 5) is 35.0. The van der Waals surface area contributed by atoms with Gasteiger partial charge in [-0.1, -0.05) is 0 Å². The molecule has 0 bridgehead atoms. The Bertz CT molecular complexity index is 1160. The lowest BCUT2D eigenvalue weighted by Gasteiger charge is -2.11. The van der Waals surface area contributed by atoms with Gasteiger partial charge in [0.1, 0.15) is 11.4 Å². The first-order valence-electron chi connectivity index (χ1n) is 8.91. The molecule has 0 atom stereocenters. The number of nitrogens with two attached hydrogens (primary N) is 1. The molecular weight excluding hydrogens is 427 g/mol. The number of nitro groups is 1. The quantitative estimate of drug-likeness (QED) is 0.298. The van der Waals surface area contributed by atoms with E-state index in [4.69, 9.17) is 19.9 Å². The number of methoxy groups -OCH3 is 2. The number of nitrogens with one attached hydrogen (secondary N) is 1. The second kappa shape index (κ2) is 9.51. The molecule has 0 fully saturated rings. The van der Waals surface area contributed by atoms with E-state index in [1.165, 1.54) is 38.5 Å². The van der Waals surface area contributed by atoms with Crippen molar-refractivity contribution in [3.63, 3.8) is 0 Å². The Kier molecular flexibility index (Phi) is 6.58. The van der Waals surface area contributed by atoms with Crippen LogP contribution in [0.1, 0.15) is 16.2 Å². The van der Waals surface area contributed by atoms with Crippen LogP contribution in [0.25, 0.3) is 0 Å². The standard InChI is InChI=1S/C19H17FN6O6/c1-30-14-7-12(13(26(28)29)8-15(14)31-2)17(27)32-9-16-23-18(21)25-19(24-16)22-11-5-3-10(20)4-6-11/h3-8H,9H2,1-2H3,(H3,21,22,23,24,25). The molecule has 0 saturated carbocycles. The lowest BCUT2D eigenvalue weighted by atomic mass is 10.1. The molecule has 0 aliphatic heterocycles. The summed E-state index contributed by atoms with van der Waals surface area (Å²) in [7, 11) is 2.63. The minimum Gasteiger partial charge on any atom is -0.493 e. The van der Waals surface area contributed by atoms with Gasteiger partial charge in [0.05, 0.1) is 25.2 Å². The van der Waals surface area contributed by atoms with Gasteiger partial charge in [0, 0.05) is 11.8 Å². The first kappa shape index (κ1) is 22.1. The molecule has 12 nitrogen and oxygen atoms in total. The highest BCUT2D eigenvalue weighted by Gasteiger charge is 2.26. The molecule has 3 rings (SSSR count). The maximum absolute atomic E-state index is 13.0. The third-order valence-corrected chi connectivity index (χ3v) is 4.05. The summed E-state index contributed by atoms with van der Waals surface area (Å²) >= 11 is 0. The lowest BCUT2D eigenvalue weighted by Crippen LogP contribution is -2.12. The zero-order valence-corrected chi connectivity index (χ0v) is 16.9. The molecule has 3 N–H and O–H groups in total. The topological polar surface area (TPSA) is 165 Å². The third kappa shape index (κ3) is 5.13. The predicted octanol–water partition coefficient (Wildman–Crippen LogP) is 2.62. The summed E-state index contributed by atoms with van der Waals surface area (Å²) in [5, 5.41) is 14.2. The van der Waals surface area contributed by atoms with E-state index in [2.05, 4.69) is 20.3 Å². The highest BCUT2D eigenvalue weighted by molar-refractivity contribution is 5.95. The van der Waals surface area contributed by atoms with Crippen LogP contribution in [0, 0.1) is 15.9 Å². The van der Waals surface area contributed by atoms with Gasteiger partial charge in [0.25, 0.3) is 5.69 Å². The van der Waals surface area contributed by atoms with Gasteiger partial charge in [0.15, 0.2) is 23.9 Å². The van der Waals surface area contributed by atoms with Crippen LogP contribution in [0.2, 0.25) is 0 Å². The number of esters is 1. The van der Waals surface area contributed by atoms with Crippen molar-refractivity contribution in [2.75, 3.05) is 25.3 Å². The molecule has 1 heterocycles. The molecule has 2 aromatic carbocycles. The molecule has 0 radical (unpaired) electrons. The van der Waals surface area contributed by atoms with Gasteiger partial charge in [-0.05, 0) is 24.3 Å². The summed E-state index contributed by atoms with van der Waals surface area (Å²) in [6.07, 6.45) is 0. The van der Waals surface area contributed by atoms with Crippen molar-refractivity contribution in [1.82, 2.24) is 15.0 Å². The van der Waals surface area contributed by atoms with Gasteiger partial charge in [-0.3, -0.25) is 10.1 Å². The Balaban J connectivity index is 1.79. The number of aromatic nitrogens is 3. The highest BCUT2D eigenvalue weighted by atomic mass is 19.1. The second-order valence-electron chi connectivity index (χ2n) is 6.12. The van der Waals surface area contributed by atoms with Crippen LogP contribution >= 0.6 is 0 Å². The van der Waals surface area contributed by atoms with Crippen molar-refractivity contribution in [2.24, 2.45) is 0 Å². The van der Waals surface area contributed by atoms with Crippen LogP contribution in [0.3, 0.4) is 0 Å². The van der Waals surface area contributed by atoms with Crippen molar-refractivity contribution >= 4 is 29.2 Å². The van der Waals surface area contributed by atoms with Gasteiger partial charge >= 0.3 is 5.97 Å². The molecule has 0 aliphatic rings. The van der Waals surface area contributed by atoms with Crippen LogP contribution in [-0.2, 0) is 11.3 Å². The first-order chi connectivity index (χ1) is 15.3. The van der Waals surface area contributed by atoms with Gasteiger partial charge in [0.2, 0.25) is 11.9 Å². The fraction of sp³-hybridized carbons (Fsp3) is 0.158. The molecule has 1 aromatic heterocycles. The largest absolute Gasteiger partial charge is 0.493 e. The maximum Gasteiger partial charge on any atom is 0.345 e. The molecule has 3 aromatic rings. The van der Waals surface area contributed by atoms with E-state index in [1.807, 2.05) is 0 Å². The molecule has 0 amide bonds. The summed E-state index contributed by atoms with van der Waals surface area (Å²) in [6, 6.07) is 7.61. The van der Waals surface area contributed by atoms with E-state index in [1.54, 1.807) is 0 Å². The van der Waals surface area contributed by atoms with Crippen LogP contribution in [0.15, 0.2) is 36.4 Å². The molecule has 0 unspecified atom stereocenters. The van der Waals surface area contributed by atoms with Crippen molar-refractivity contribution < 1.29 is 28.3 Å². The average molecular weight is 444 g/mol. The predicted molar refractivity (Wildman–Crippen MR) is 109 cm³/mol. The molecule has 32 heavy (non-hydrogen) atoms. The van der Waals surface area contributed by atoms with E-state index in [0.717, 1.165) is 12.1 Å². The van der Waals surface area contributed by atoms with Gasteiger partial charge in [-0.25, -0.2) is 9.18 Å². The number of nitro benzene ring substituents is 1. The monoisotopic (exact) mass is 444 g/mol. The molecule has 0 saturated heterocycles. The Hall–Kier alpha value is -4.55. The van der Waals surface area contributed by atoms with Crippen LogP contribution in [-0.4, -0.2) is 40.1 Å². The molecule has 0 spiro atoms. The Morgan fingerprint density at radius 2 is 1.78 bits per heavy atom. The van der Waals surface area contributed by atoms with Crippen molar-refractivity contribution in [3.8, 4) is 11.5 Å². The number of ether oxygens (including phenoxy) is 3. The van der Waals surface area contributed by atoms with E-state index in [0.29, 0.717) is 5.69 Å². The SMILES string of the molecule is COc1cc(C(=O)OCc2nc(N)nc(Nc3ccc(F)cc3)n2)c([N+](=O)[O-])cc1OC. The summed E-state index contributed by atoms with van der Waals surface area (Å²) < 4.78 is 28.3. The molecule has 166 valence electrons. The van der Waals surface area contributed by atoms with E-state index in [-0.39, 0.29) is 34.8 Å². The Labute approximate surface area is 180 Å². The minimum absolute atomic E-state index is 0.0152. The average Bonchev–Trinajstić information content (AvgIpc) is 2.77. The fourth-order valence-electron chi connectivity index (χ4n) is 2.61. The van der Waals surface area contributed by atoms with E-state index < -0.39 is 29.0 Å². The van der Waals surface area contributed by atoms with Gasteiger partial charge < -0.3 is 25.3 Å². The Morgan fingerprint density at radius 3 is 2.41 bits per heavy atom. The van der Waals surface area contributed by atoms with Crippen LogP contribution in [0.5, 0.6) is 11.5 Å². The van der Waals surface area contributed by atoms with E-state index >= 15 is 0 Å². The van der Waals surface area contributed by atoms with E-state index in [9.17, 15) is 19.3 Å². The molecular formula is C19H17FN6O6. The third-order valence-electron chi connectivity index (χ3n) is 4.05. The summed E-state index contributed by atoms with van der Waals surface area (Å²) in [5.74, 6) is -1.37. The van der Waals surface area contributed by atoms with Crippen molar-refractivity contribution in [1.29, 1.82) is 0 Å². The minimum atomic E-state index is -1.01. The summed E-state index contributed by atoms with van der Waals surface area (Å²) in [5.41, 5.74) is 5.28. The van der Waals surface area contributed by atoms with Gasteiger partial charge in [-0.15, -0.1) is 0 Å². The summed E-state index contributed by atoms with van der Waals surface area (Å²) in [6.45, 7) is -0.449. The normalized spacial score (nSPS) is 10.3. The first-order valence-corrected chi connectivity index (χ1v) is 8.91. The smallest absolute Gasteiger partial charge is 0.345 e. The number of benzene rings is 2. The number of hydrogen-bond acceptors (Lipinski definition) is 11. The molecule has 0 aliphatic carbocycles. The zero-order valence-electron chi connectivity index (χ0n) is 16.9. The highest BCUT2D eigenvalue weighted by Crippen LogP contribution is 2.34. The number of anilines is 3. The number of halogens is 1. The number of nitrogens with zero attached hydrogens (tertiary/aromatic N) is 4. The van der Waals surface area contributed by atoms with Crippen LogP contribution < -0.4 is 20.5 Å².